The SMILES string of the molecule is C[C@@H](CO)NS(=O)(=O)c1cccc(C(=O)NCCc2ncnn2C)c1. The summed E-state index contributed by atoms with van der Waals surface area (Å²) in [5.41, 5.74) is 0.234. The molecule has 10 heteroatoms. The average Bonchev–Trinajstić information content (AvgIpc) is 2.99. The van der Waals surface area contributed by atoms with E-state index in [1.807, 2.05) is 0 Å². The fraction of sp³-hybridized carbons (Fsp3) is 0.400. The maximum absolute atomic E-state index is 12.2. The number of benzene rings is 1. The van der Waals surface area contributed by atoms with Gasteiger partial charge >= 0.3 is 0 Å². The Morgan fingerprint density at radius 1 is 1.40 bits per heavy atom. The Balaban J connectivity index is 2.02. The highest BCUT2D eigenvalue weighted by molar-refractivity contribution is 7.89. The van der Waals surface area contributed by atoms with E-state index in [1.165, 1.54) is 30.6 Å². The lowest BCUT2D eigenvalue weighted by Gasteiger charge is -2.12. The molecule has 2 aromatic rings. The molecule has 1 aromatic heterocycles. The van der Waals surface area contributed by atoms with Gasteiger partial charge in [-0.3, -0.25) is 9.48 Å². The summed E-state index contributed by atoms with van der Waals surface area (Å²) in [5.74, 6) is 0.355. The Kier molecular flexibility index (Phi) is 6.23. The Bertz CT molecular complexity index is 834. The van der Waals surface area contributed by atoms with E-state index in [4.69, 9.17) is 5.11 Å². The Labute approximate surface area is 146 Å². The van der Waals surface area contributed by atoms with Crippen LogP contribution in [0, 0.1) is 0 Å². The van der Waals surface area contributed by atoms with Gasteiger partial charge in [0.15, 0.2) is 0 Å². The second kappa shape index (κ2) is 8.19. The van der Waals surface area contributed by atoms with Crippen molar-refractivity contribution < 1.29 is 18.3 Å². The highest BCUT2D eigenvalue weighted by atomic mass is 32.2. The van der Waals surface area contributed by atoms with Gasteiger partial charge in [0.25, 0.3) is 5.91 Å². The molecule has 1 heterocycles. The predicted molar refractivity (Wildman–Crippen MR) is 90.4 cm³/mol. The number of nitrogens with one attached hydrogen (secondary N) is 2. The predicted octanol–water partition coefficient (Wildman–Crippen LogP) is -0.553. The summed E-state index contributed by atoms with van der Waals surface area (Å²) in [4.78, 5) is 16.2. The lowest BCUT2D eigenvalue weighted by molar-refractivity contribution is 0.0953. The van der Waals surface area contributed by atoms with Crippen LogP contribution in [-0.4, -0.2) is 53.4 Å². The molecule has 9 nitrogen and oxygen atoms in total. The van der Waals surface area contributed by atoms with E-state index >= 15 is 0 Å². The molecule has 1 atom stereocenters. The van der Waals surface area contributed by atoms with Gasteiger partial charge in [-0.25, -0.2) is 18.1 Å². The molecule has 0 saturated carbocycles. The number of aromatic nitrogens is 3. The summed E-state index contributed by atoms with van der Waals surface area (Å²) in [6, 6.07) is 5.10. The van der Waals surface area contributed by atoms with Crippen LogP contribution in [0.2, 0.25) is 0 Å². The van der Waals surface area contributed by atoms with Crippen LogP contribution < -0.4 is 10.0 Å². The molecule has 0 spiro atoms. The molecular formula is C15H21N5O4S. The molecule has 2 rings (SSSR count). The van der Waals surface area contributed by atoms with E-state index in [-0.39, 0.29) is 23.0 Å². The summed E-state index contributed by atoms with van der Waals surface area (Å²) in [7, 11) is -2.04. The zero-order chi connectivity index (χ0) is 18.4. The lowest BCUT2D eigenvalue weighted by Crippen LogP contribution is -2.35. The fourth-order valence-corrected chi connectivity index (χ4v) is 3.39. The number of carbonyl (C=O) groups excluding carboxylic acids is 1. The van der Waals surface area contributed by atoms with Gasteiger partial charge in [-0.1, -0.05) is 6.07 Å². The lowest BCUT2D eigenvalue weighted by atomic mass is 10.2. The second-order valence-corrected chi connectivity index (χ2v) is 7.25. The molecule has 0 aliphatic carbocycles. The van der Waals surface area contributed by atoms with Crippen LogP contribution in [-0.2, 0) is 23.5 Å². The van der Waals surface area contributed by atoms with Gasteiger partial charge in [0.1, 0.15) is 12.2 Å². The highest BCUT2D eigenvalue weighted by Crippen LogP contribution is 2.12. The van der Waals surface area contributed by atoms with Crippen molar-refractivity contribution in [3.8, 4) is 0 Å². The van der Waals surface area contributed by atoms with Crippen LogP contribution in [0.5, 0.6) is 0 Å². The van der Waals surface area contributed by atoms with E-state index in [9.17, 15) is 13.2 Å². The topological polar surface area (TPSA) is 126 Å². The average molecular weight is 367 g/mol. The molecule has 0 aliphatic rings. The first-order valence-electron chi connectivity index (χ1n) is 7.68. The third-order valence-corrected chi connectivity index (χ3v) is 5.06. The number of aliphatic hydroxyl groups excluding tert-OH is 1. The van der Waals surface area contributed by atoms with Crippen LogP contribution in [0.25, 0.3) is 0 Å². The molecule has 136 valence electrons. The summed E-state index contributed by atoms with van der Waals surface area (Å²) in [6.07, 6.45) is 1.95. The number of aryl methyl sites for hydroxylation is 1. The standard InChI is InChI=1S/C15H21N5O4S/c1-11(9-21)19-25(23,24)13-5-3-4-12(8-13)15(22)16-7-6-14-17-10-18-20(14)2/h3-5,8,10-11,19,21H,6-7,9H2,1-2H3,(H,16,22)/t11-/m0/s1. The van der Waals surface area contributed by atoms with E-state index in [2.05, 4.69) is 20.1 Å². The molecule has 1 amide bonds. The molecule has 0 bridgehead atoms. The van der Waals surface area contributed by atoms with Gasteiger partial charge in [-0.05, 0) is 25.1 Å². The van der Waals surface area contributed by atoms with Gasteiger partial charge in [-0.2, -0.15) is 5.10 Å². The van der Waals surface area contributed by atoms with Gasteiger partial charge in [0.05, 0.1) is 11.5 Å². The number of hydrogen-bond donors (Lipinski definition) is 3. The van der Waals surface area contributed by atoms with Crippen LogP contribution in [0.3, 0.4) is 0 Å². The summed E-state index contributed by atoms with van der Waals surface area (Å²) >= 11 is 0. The Morgan fingerprint density at radius 2 is 2.16 bits per heavy atom. The molecule has 0 aliphatic heterocycles. The highest BCUT2D eigenvalue weighted by Gasteiger charge is 2.18. The van der Waals surface area contributed by atoms with Crippen molar-refractivity contribution in [2.45, 2.75) is 24.3 Å². The first-order valence-corrected chi connectivity index (χ1v) is 9.16. The van der Waals surface area contributed by atoms with Crippen molar-refractivity contribution in [3.05, 3.63) is 42.0 Å². The number of carbonyl (C=O) groups is 1. The second-order valence-electron chi connectivity index (χ2n) is 5.54. The number of rotatable bonds is 8. The number of hydrogen-bond acceptors (Lipinski definition) is 6. The normalized spacial score (nSPS) is 12.8. The smallest absolute Gasteiger partial charge is 0.251 e. The minimum absolute atomic E-state index is 0.0336. The van der Waals surface area contributed by atoms with Crippen LogP contribution in [0.4, 0.5) is 0 Å². The van der Waals surface area contributed by atoms with Crippen LogP contribution in [0.1, 0.15) is 23.1 Å². The molecule has 0 fully saturated rings. The van der Waals surface area contributed by atoms with E-state index < -0.39 is 16.1 Å². The van der Waals surface area contributed by atoms with Crippen molar-refractivity contribution in [1.82, 2.24) is 24.8 Å². The van der Waals surface area contributed by atoms with Crippen molar-refractivity contribution >= 4 is 15.9 Å². The van der Waals surface area contributed by atoms with Gasteiger partial charge in [-0.15, -0.1) is 0 Å². The number of nitrogens with zero attached hydrogens (tertiary/aromatic N) is 3. The fourth-order valence-electron chi connectivity index (χ4n) is 2.11. The quantitative estimate of drug-likeness (QED) is 0.574. The van der Waals surface area contributed by atoms with E-state index in [0.29, 0.717) is 13.0 Å². The largest absolute Gasteiger partial charge is 0.395 e. The van der Waals surface area contributed by atoms with E-state index in [1.54, 1.807) is 18.7 Å². The van der Waals surface area contributed by atoms with Crippen LogP contribution >= 0.6 is 0 Å². The molecule has 25 heavy (non-hydrogen) atoms. The van der Waals surface area contributed by atoms with Gasteiger partial charge in [0, 0.05) is 31.6 Å². The zero-order valence-electron chi connectivity index (χ0n) is 14.0. The van der Waals surface area contributed by atoms with Crippen molar-refractivity contribution in [2.75, 3.05) is 13.2 Å². The third kappa shape index (κ3) is 5.08. The molecule has 0 saturated heterocycles. The van der Waals surface area contributed by atoms with Gasteiger partial charge < -0.3 is 10.4 Å². The van der Waals surface area contributed by atoms with Crippen molar-refractivity contribution in [1.29, 1.82) is 0 Å². The molecular weight excluding hydrogens is 346 g/mol. The zero-order valence-corrected chi connectivity index (χ0v) is 14.8. The maximum atomic E-state index is 12.2. The summed E-state index contributed by atoms with van der Waals surface area (Å²) in [5, 5.41) is 15.6. The molecule has 3 N–H and O–H groups in total. The molecule has 1 aromatic carbocycles. The monoisotopic (exact) mass is 367 g/mol. The first-order chi connectivity index (χ1) is 11.8. The minimum Gasteiger partial charge on any atom is -0.395 e. The Morgan fingerprint density at radius 3 is 2.80 bits per heavy atom. The summed E-state index contributed by atoms with van der Waals surface area (Å²) < 4.78 is 28.4. The summed E-state index contributed by atoms with van der Waals surface area (Å²) in [6.45, 7) is 1.57. The van der Waals surface area contributed by atoms with Gasteiger partial charge in [0.2, 0.25) is 10.0 Å². The van der Waals surface area contributed by atoms with Crippen molar-refractivity contribution in [3.63, 3.8) is 0 Å². The number of amides is 1. The third-order valence-electron chi connectivity index (χ3n) is 3.48. The first kappa shape index (κ1) is 19.0. The van der Waals surface area contributed by atoms with Crippen molar-refractivity contribution in [2.24, 2.45) is 7.05 Å². The van der Waals surface area contributed by atoms with E-state index in [0.717, 1.165) is 5.82 Å². The molecule has 0 unspecified atom stereocenters. The number of aliphatic hydroxyl groups is 1. The number of sulfonamides is 1. The Hall–Kier alpha value is -2.30. The maximum Gasteiger partial charge on any atom is 0.251 e. The molecule has 0 radical (unpaired) electrons. The van der Waals surface area contributed by atoms with Crippen LogP contribution in [0.15, 0.2) is 35.5 Å². The minimum atomic E-state index is -3.80.